The number of nitrogens with zero attached hydrogens (tertiary/aromatic N) is 3. The van der Waals surface area contributed by atoms with Crippen LogP contribution in [0.1, 0.15) is 16.7 Å². The molecule has 0 aliphatic carbocycles. The molecule has 0 aromatic heterocycles. The Morgan fingerprint density at radius 1 is 1.00 bits per heavy atom. The first-order valence-corrected chi connectivity index (χ1v) is 10.8. The molecule has 3 aromatic rings. The minimum Gasteiger partial charge on any atom is -0.497 e. The second kappa shape index (κ2) is 8.72. The van der Waals surface area contributed by atoms with Crippen molar-refractivity contribution in [3.05, 3.63) is 94.5 Å². The molecule has 0 saturated heterocycles. The molecular weight excluding hydrogens is 402 g/mol. The van der Waals surface area contributed by atoms with Gasteiger partial charge in [0.15, 0.2) is 5.17 Å². The van der Waals surface area contributed by atoms with E-state index in [1.165, 1.54) is 0 Å². The quantitative estimate of drug-likeness (QED) is 0.521. The highest BCUT2D eigenvalue weighted by molar-refractivity contribution is 8.13. The van der Waals surface area contributed by atoms with E-state index in [1.807, 2.05) is 71.9 Å². The maximum absolute atomic E-state index is 6.31. The molecule has 146 valence electrons. The number of halogens is 1. The van der Waals surface area contributed by atoms with Gasteiger partial charge < -0.3 is 4.74 Å². The molecule has 0 N–H and O–H groups in total. The smallest absolute Gasteiger partial charge is 0.185 e. The third-order valence-electron chi connectivity index (χ3n) is 4.59. The van der Waals surface area contributed by atoms with Gasteiger partial charge in [0, 0.05) is 16.1 Å². The molecule has 0 radical (unpaired) electrons. The van der Waals surface area contributed by atoms with Crippen LogP contribution in [-0.2, 0) is 6.54 Å². The van der Waals surface area contributed by atoms with Crippen molar-refractivity contribution in [1.82, 2.24) is 5.01 Å². The molecular formula is C23H20ClN3OS. The minimum absolute atomic E-state index is 0.599. The predicted octanol–water partition coefficient (Wildman–Crippen LogP) is 5.97. The number of amidine groups is 1. The first-order valence-electron chi connectivity index (χ1n) is 9.15. The highest BCUT2D eigenvalue weighted by Gasteiger charge is 2.21. The van der Waals surface area contributed by atoms with Crippen molar-refractivity contribution in [1.29, 1.82) is 0 Å². The molecule has 1 heterocycles. The Balaban J connectivity index is 1.82. The second-order valence-electron chi connectivity index (χ2n) is 6.48. The highest BCUT2D eigenvalue weighted by atomic mass is 35.5. The number of fused-ring (bicyclic) bond motifs is 1. The molecule has 0 spiro atoms. The number of methoxy groups -OCH3 is 1. The van der Waals surface area contributed by atoms with Gasteiger partial charge in [0.1, 0.15) is 11.5 Å². The van der Waals surface area contributed by atoms with E-state index in [0.29, 0.717) is 11.6 Å². The zero-order valence-corrected chi connectivity index (χ0v) is 17.7. The predicted molar refractivity (Wildman–Crippen MR) is 123 cm³/mol. The number of hydrazone groups is 1. The average Bonchev–Trinajstić information content (AvgIpc) is 2.91. The summed E-state index contributed by atoms with van der Waals surface area (Å²) in [7, 11) is 1.67. The Kier molecular flexibility index (Phi) is 5.88. The normalized spacial score (nSPS) is 13.3. The lowest BCUT2D eigenvalue weighted by molar-refractivity contribution is 0.413. The average molecular weight is 422 g/mol. The van der Waals surface area contributed by atoms with Gasteiger partial charge in [-0.25, -0.2) is 10.0 Å². The number of hydrogen-bond acceptors (Lipinski definition) is 5. The van der Waals surface area contributed by atoms with Gasteiger partial charge in [0.2, 0.25) is 0 Å². The van der Waals surface area contributed by atoms with Crippen molar-refractivity contribution in [2.24, 2.45) is 10.1 Å². The van der Waals surface area contributed by atoms with Gasteiger partial charge in [-0.2, -0.15) is 5.10 Å². The fourth-order valence-electron chi connectivity index (χ4n) is 3.14. The van der Waals surface area contributed by atoms with Crippen LogP contribution in [0.4, 0.5) is 5.69 Å². The summed E-state index contributed by atoms with van der Waals surface area (Å²) >= 11 is 7.88. The first kappa shape index (κ1) is 19.6. The maximum Gasteiger partial charge on any atom is 0.185 e. The van der Waals surface area contributed by atoms with E-state index >= 15 is 0 Å². The number of thioether (sulfide) groups is 1. The van der Waals surface area contributed by atoms with E-state index in [1.54, 1.807) is 18.9 Å². The molecule has 29 heavy (non-hydrogen) atoms. The van der Waals surface area contributed by atoms with E-state index in [-0.39, 0.29) is 0 Å². The SMILES string of the molecule is COc1ccc(CN2N=C(c3ccccc3)c3cc(Cl)ccc3N=C2SC)cc1. The number of benzene rings is 3. The first-order chi connectivity index (χ1) is 14.2. The fraction of sp³-hybridized carbons (Fsp3) is 0.130. The Labute approximate surface area is 179 Å². The van der Waals surface area contributed by atoms with Crippen molar-refractivity contribution >= 4 is 39.9 Å². The molecule has 0 unspecified atom stereocenters. The lowest BCUT2D eigenvalue weighted by Gasteiger charge is -2.20. The molecule has 0 atom stereocenters. The topological polar surface area (TPSA) is 37.2 Å². The van der Waals surface area contributed by atoms with Crippen molar-refractivity contribution in [2.45, 2.75) is 6.54 Å². The van der Waals surface area contributed by atoms with Crippen LogP contribution in [0.2, 0.25) is 5.02 Å². The van der Waals surface area contributed by atoms with Crippen molar-refractivity contribution in [2.75, 3.05) is 13.4 Å². The van der Waals surface area contributed by atoms with Crippen LogP contribution >= 0.6 is 23.4 Å². The molecule has 4 nitrogen and oxygen atoms in total. The summed E-state index contributed by atoms with van der Waals surface area (Å²) in [5.41, 5.74) is 4.77. The van der Waals surface area contributed by atoms with Gasteiger partial charge in [-0.05, 0) is 42.2 Å². The largest absolute Gasteiger partial charge is 0.497 e. The molecule has 0 saturated carbocycles. The standard InChI is InChI=1S/C23H20ClN3OS/c1-28-19-11-8-16(9-12-19)15-27-23(29-2)25-21-13-10-18(24)14-20(21)22(26-27)17-6-4-3-5-7-17/h3-14H,15H2,1-2H3. The van der Waals surface area contributed by atoms with Gasteiger partial charge in [-0.15, -0.1) is 0 Å². The summed E-state index contributed by atoms with van der Waals surface area (Å²) in [5.74, 6) is 0.832. The minimum atomic E-state index is 0.599. The number of aliphatic imine (C=N–C) groups is 1. The van der Waals surface area contributed by atoms with Gasteiger partial charge in [-0.1, -0.05) is 65.8 Å². The third kappa shape index (κ3) is 4.31. The van der Waals surface area contributed by atoms with Crippen LogP contribution in [0.5, 0.6) is 5.75 Å². The van der Waals surface area contributed by atoms with Crippen molar-refractivity contribution in [3.8, 4) is 5.75 Å². The summed E-state index contributed by atoms with van der Waals surface area (Å²) in [6.07, 6.45) is 2.01. The molecule has 6 heteroatoms. The lowest BCUT2D eigenvalue weighted by atomic mass is 10.0. The Morgan fingerprint density at radius 2 is 1.76 bits per heavy atom. The Bertz CT molecular complexity index is 1070. The molecule has 0 amide bonds. The summed E-state index contributed by atoms with van der Waals surface area (Å²) in [4.78, 5) is 4.89. The van der Waals surface area contributed by atoms with Crippen LogP contribution in [0.25, 0.3) is 0 Å². The van der Waals surface area contributed by atoms with Gasteiger partial charge in [0.25, 0.3) is 0 Å². The van der Waals surface area contributed by atoms with Gasteiger partial charge in [0.05, 0.1) is 19.3 Å². The summed E-state index contributed by atoms with van der Waals surface area (Å²) in [6, 6.07) is 23.9. The van der Waals surface area contributed by atoms with Crippen LogP contribution in [0.15, 0.2) is 82.9 Å². The Hall–Kier alpha value is -2.76. The van der Waals surface area contributed by atoms with Crippen LogP contribution < -0.4 is 4.74 Å². The van der Waals surface area contributed by atoms with Gasteiger partial charge >= 0.3 is 0 Å². The fourth-order valence-corrected chi connectivity index (χ4v) is 3.82. The van der Waals surface area contributed by atoms with E-state index in [9.17, 15) is 0 Å². The van der Waals surface area contributed by atoms with Gasteiger partial charge in [-0.3, -0.25) is 0 Å². The van der Waals surface area contributed by atoms with E-state index < -0.39 is 0 Å². The molecule has 0 bridgehead atoms. The summed E-state index contributed by atoms with van der Waals surface area (Å²) < 4.78 is 5.27. The van der Waals surface area contributed by atoms with Crippen LogP contribution in [0, 0.1) is 0 Å². The van der Waals surface area contributed by atoms with E-state index in [2.05, 4.69) is 12.1 Å². The zero-order chi connectivity index (χ0) is 20.2. The molecule has 4 rings (SSSR count). The molecule has 1 aliphatic rings. The monoisotopic (exact) mass is 421 g/mol. The number of rotatable bonds is 4. The maximum atomic E-state index is 6.31. The van der Waals surface area contributed by atoms with Crippen LogP contribution in [0.3, 0.4) is 0 Å². The highest BCUT2D eigenvalue weighted by Crippen LogP contribution is 2.31. The van der Waals surface area contributed by atoms with Crippen molar-refractivity contribution < 1.29 is 4.74 Å². The third-order valence-corrected chi connectivity index (χ3v) is 5.49. The summed E-state index contributed by atoms with van der Waals surface area (Å²) in [6.45, 7) is 0.599. The van der Waals surface area contributed by atoms with E-state index in [0.717, 1.165) is 39.0 Å². The van der Waals surface area contributed by atoms with Crippen molar-refractivity contribution in [3.63, 3.8) is 0 Å². The molecule has 3 aromatic carbocycles. The zero-order valence-electron chi connectivity index (χ0n) is 16.2. The molecule has 0 fully saturated rings. The Morgan fingerprint density at radius 3 is 2.45 bits per heavy atom. The van der Waals surface area contributed by atoms with E-state index in [4.69, 9.17) is 26.4 Å². The second-order valence-corrected chi connectivity index (χ2v) is 7.69. The summed E-state index contributed by atoms with van der Waals surface area (Å²) in [5, 5.41) is 8.47. The lowest BCUT2D eigenvalue weighted by Crippen LogP contribution is -2.23. The molecule has 1 aliphatic heterocycles. The number of ether oxygens (including phenoxy) is 1. The van der Waals surface area contributed by atoms with Crippen LogP contribution in [-0.4, -0.2) is 29.3 Å². The number of hydrogen-bond donors (Lipinski definition) is 0.